The highest BCUT2D eigenvalue weighted by Gasteiger charge is 2.39. The topological polar surface area (TPSA) is 26.0 Å². The smallest absolute Gasteiger partial charge is 0.322 e. The highest BCUT2D eigenvalue weighted by molar-refractivity contribution is 6.30. The molecular weight excluding hydrogens is 385 g/mol. The number of alkyl halides is 4. The third-order valence-corrected chi connectivity index (χ3v) is 5.03. The Morgan fingerprint density at radius 2 is 1.93 bits per heavy atom. The van der Waals surface area contributed by atoms with E-state index in [-0.39, 0.29) is 22.6 Å². The van der Waals surface area contributed by atoms with Crippen molar-refractivity contribution in [1.29, 1.82) is 0 Å². The summed E-state index contributed by atoms with van der Waals surface area (Å²) in [6.07, 6.45) is -3.30. The van der Waals surface area contributed by atoms with Crippen molar-refractivity contribution < 1.29 is 22.0 Å². The summed E-state index contributed by atoms with van der Waals surface area (Å²) in [6, 6.07) is 6.30. The average molecular weight is 402 g/mol. The lowest BCUT2D eigenvalue weighted by Crippen LogP contribution is -2.19. The van der Waals surface area contributed by atoms with Crippen LogP contribution in [-0.2, 0) is 6.42 Å². The van der Waals surface area contributed by atoms with Crippen LogP contribution < -0.4 is 5.73 Å². The summed E-state index contributed by atoms with van der Waals surface area (Å²) in [5.41, 5.74) is 7.53. The molecule has 0 heterocycles. The Balaban J connectivity index is 1.94. The fourth-order valence-electron chi connectivity index (χ4n) is 3.31. The van der Waals surface area contributed by atoms with Gasteiger partial charge in [-0.25, -0.2) is 8.78 Å². The van der Waals surface area contributed by atoms with Gasteiger partial charge in [0.25, 0.3) is 0 Å². The largest absolute Gasteiger partial charge is 0.399 e. The first kappa shape index (κ1) is 19.8. The molecule has 0 spiro atoms. The van der Waals surface area contributed by atoms with Crippen LogP contribution in [0, 0.1) is 12.7 Å². The number of hydrogen-bond acceptors (Lipinski definition) is 1. The van der Waals surface area contributed by atoms with Gasteiger partial charge in [-0.15, -0.1) is 0 Å². The molecule has 0 fully saturated rings. The number of halogens is 6. The molecule has 27 heavy (non-hydrogen) atoms. The zero-order valence-electron chi connectivity index (χ0n) is 14.3. The maximum Gasteiger partial charge on any atom is 0.399 e. The van der Waals surface area contributed by atoms with E-state index in [1.165, 1.54) is 13.0 Å². The molecule has 0 aliphatic heterocycles. The second-order valence-electron chi connectivity index (χ2n) is 6.72. The van der Waals surface area contributed by atoms with Crippen molar-refractivity contribution in [2.24, 2.45) is 5.73 Å². The second kappa shape index (κ2) is 7.24. The lowest BCUT2D eigenvalue weighted by molar-refractivity contribution is -0.139. The molecule has 0 saturated heterocycles. The van der Waals surface area contributed by atoms with E-state index >= 15 is 0 Å². The first-order valence-corrected chi connectivity index (χ1v) is 8.68. The number of benzene rings is 2. The van der Waals surface area contributed by atoms with Gasteiger partial charge in [0.1, 0.15) is 12.0 Å². The van der Waals surface area contributed by atoms with Gasteiger partial charge in [0.2, 0.25) is 0 Å². The van der Waals surface area contributed by atoms with Gasteiger partial charge < -0.3 is 5.73 Å². The van der Waals surface area contributed by atoms with Crippen molar-refractivity contribution in [3.63, 3.8) is 0 Å². The lowest BCUT2D eigenvalue weighted by atomic mass is 9.95. The minimum Gasteiger partial charge on any atom is -0.322 e. The molecule has 144 valence electrons. The van der Waals surface area contributed by atoms with Gasteiger partial charge in [-0.3, -0.25) is 0 Å². The molecular formula is C20H17ClF5N. The molecule has 0 amide bonds. The quantitative estimate of drug-likeness (QED) is 0.623. The molecule has 2 aromatic carbocycles. The van der Waals surface area contributed by atoms with E-state index < -0.39 is 30.1 Å². The Hall–Kier alpha value is -1.92. The molecule has 1 nitrogen and oxygen atoms in total. The molecule has 1 aliphatic rings. The first-order chi connectivity index (χ1) is 12.6. The highest BCUT2D eigenvalue weighted by atomic mass is 35.5. The number of fused-ring (bicyclic) bond motifs is 1. The molecule has 2 aromatic rings. The monoisotopic (exact) mass is 401 g/mol. The van der Waals surface area contributed by atoms with E-state index in [0.717, 1.165) is 18.2 Å². The Morgan fingerprint density at radius 3 is 2.56 bits per heavy atom. The predicted molar refractivity (Wildman–Crippen MR) is 95.9 cm³/mol. The Labute approximate surface area is 158 Å². The van der Waals surface area contributed by atoms with E-state index in [4.69, 9.17) is 17.3 Å². The minimum absolute atomic E-state index is 0.0423. The molecule has 7 heteroatoms. The van der Waals surface area contributed by atoms with Gasteiger partial charge in [0.05, 0.1) is 17.0 Å². The van der Waals surface area contributed by atoms with Crippen molar-refractivity contribution in [3.05, 3.63) is 75.1 Å². The van der Waals surface area contributed by atoms with Crippen LogP contribution in [0.25, 0.3) is 6.08 Å². The molecule has 3 atom stereocenters. The first-order valence-electron chi connectivity index (χ1n) is 8.31. The zero-order valence-corrected chi connectivity index (χ0v) is 15.1. The molecule has 1 aliphatic carbocycles. The Bertz CT molecular complexity index is 867. The maximum absolute atomic E-state index is 13.7. The number of allylic oxidation sites excluding steroid dienone is 1. The summed E-state index contributed by atoms with van der Waals surface area (Å²) >= 11 is 5.71. The van der Waals surface area contributed by atoms with E-state index in [2.05, 4.69) is 0 Å². The zero-order chi connectivity index (χ0) is 19.9. The minimum atomic E-state index is -4.58. The summed E-state index contributed by atoms with van der Waals surface area (Å²) in [7, 11) is 0. The van der Waals surface area contributed by atoms with Crippen LogP contribution >= 0.6 is 11.6 Å². The van der Waals surface area contributed by atoms with Crippen molar-refractivity contribution in [3.8, 4) is 0 Å². The SMILES string of the molecule is Cc1cc(C(/C=C/c2ccc3c(c2)CC(F)C3N)C(F)(F)F)cc(Cl)c1F. The van der Waals surface area contributed by atoms with Gasteiger partial charge >= 0.3 is 6.18 Å². The standard InChI is InChI=1S/C20H17ClF5N/c1-10-6-13(8-16(21)18(10)23)15(20(24,25)26)5-3-11-2-4-14-12(7-11)9-17(22)19(14)27/h2-8,15,17,19H,9,27H2,1H3/b5-3+. The number of hydrogen-bond donors (Lipinski definition) is 1. The van der Waals surface area contributed by atoms with Crippen molar-refractivity contribution >= 4 is 17.7 Å². The summed E-state index contributed by atoms with van der Waals surface area (Å²) in [5, 5.41) is -0.354. The molecule has 0 bridgehead atoms. The van der Waals surface area contributed by atoms with Crippen molar-refractivity contribution in [2.75, 3.05) is 0 Å². The fraction of sp³-hybridized carbons (Fsp3) is 0.300. The summed E-state index contributed by atoms with van der Waals surface area (Å²) in [5.74, 6) is -2.68. The summed E-state index contributed by atoms with van der Waals surface area (Å²) < 4.78 is 68.0. The van der Waals surface area contributed by atoms with Gasteiger partial charge in [-0.1, -0.05) is 48.0 Å². The Kier molecular flexibility index (Phi) is 5.32. The van der Waals surface area contributed by atoms with E-state index in [1.807, 2.05) is 0 Å². The van der Waals surface area contributed by atoms with Crippen LogP contribution in [0.2, 0.25) is 5.02 Å². The normalized spacial score (nSPS) is 20.9. The average Bonchev–Trinajstić information content (AvgIpc) is 2.85. The second-order valence-corrected chi connectivity index (χ2v) is 7.12. The van der Waals surface area contributed by atoms with E-state index in [0.29, 0.717) is 16.7 Å². The van der Waals surface area contributed by atoms with Crippen LogP contribution in [0.1, 0.15) is 39.8 Å². The van der Waals surface area contributed by atoms with Gasteiger partial charge in [0.15, 0.2) is 0 Å². The van der Waals surface area contributed by atoms with E-state index in [1.54, 1.807) is 18.2 Å². The summed E-state index contributed by atoms with van der Waals surface area (Å²) in [6.45, 7) is 1.36. The molecule has 0 aromatic heterocycles. The third-order valence-electron chi connectivity index (χ3n) is 4.76. The third kappa shape index (κ3) is 4.01. The molecule has 3 unspecified atom stereocenters. The highest BCUT2D eigenvalue weighted by Crippen LogP contribution is 2.39. The molecule has 3 rings (SSSR count). The molecule has 0 saturated carbocycles. The van der Waals surface area contributed by atoms with Gasteiger partial charge in [0, 0.05) is 6.42 Å². The van der Waals surface area contributed by atoms with Crippen LogP contribution in [0.5, 0.6) is 0 Å². The van der Waals surface area contributed by atoms with Gasteiger partial charge in [-0.05, 0) is 40.8 Å². The molecule has 2 N–H and O–H groups in total. The van der Waals surface area contributed by atoms with Crippen molar-refractivity contribution in [2.45, 2.75) is 37.7 Å². The van der Waals surface area contributed by atoms with Crippen LogP contribution in [0.15, 0.2) is 36.4 Å². The van der Waals surface area contributed by atoms with Gasteiger partial charge in [-0.2, -0.15) is 13.2 Å². The Morgan fingerprint density at radius 1 is 1.22 bits per heavy atom. The number of rotatable bonds is 3. The maximum atomic E-state index is 13.7. The van der Waals surface area contributed by atoms with Crippen LogP contribution in [0.3, 0.4) is 0 Å². The number of nitrogens with two attached hydrogens (primary N) is 1. The predicted octanol–water partition coefficient (Wildman–Crippen LogP) is 6.04. The van der Waals surface area contributed by atoms with Crippen LogP contribution in [-0.4, -0.2) is 12.3 Å². The van der Waals surface area contributed by atoms with E-state index in [9.17, 15) is 22.0 Å². The number of aryl methyl sites for hydroxylation is 1. The summed E-state index contributed by atoms with van der Waals surface area (Å²) in [4.78, 5) is 0. The van der Waals surface area contributed by atoms with Crippen LogP contribution in [0.4, 0.5) is 22.0 Å². The fourth-order valence-corrected chi connectivity index (χ4v) is 3.59. The molecule has 0 radical (unpaired) electrons. The lowest BCUT2D eigenvalue weighted by Gasteiger charge is -2.18. The van der Waals surface area contributed by atoms with Crippen molar-refractivity contribution in [1.82, 2.24) is 0 Å².